The molecule has 0 heterocycles. The van der Waals surface area contributed by atoms with E-state index < -0.39 is 98.9 Å². The van der Waals surface area contributed by atoms with Crippen molar-refractivity contribution in [1.82, 2.24) is 5.32 Å². The number of halogens is 1. The first-order valence-electron chi connectivity index (χ1n) is 10.1. The van der Waals surface area contributed by atoms with Gasteiger partial charge in [-0.15, -0.1) is 0 Å². The van der Waals surface area contributed by atoms with Crippen LogP contribution < -0.4 is 5.32 Å². The van der Waals surface area contributed by atoms with Crippen LogP contribution in [0.15, 0.2) is 24.3 Å². The molecular weight excluding hydrogens is 512 g/mol. The highest BCUT2D eigenvalue weighted by Crippen LogP contribution is 2.44. The molecule has 4 atom stereocenters. The van der Waals surface area contributed by atoms with E-state index in [-0.39, 0.29) is 5.56 Å². The molecule has 1 amide bonds. The van der Waals surface area contributed by atoms with Crippen LogP contribution in [-0.2, 0) is 33.1 Å². The lowest BCUT2D eigenvalue weighted by atomic mass is 9.97. The molecule has 36 heavy (non-hydrogen) atoms. The molecule has 3 unspecified atom stereocenters. The maximum atomic E-state index is 13.0. The van der Waals surface area contributed by atoms with Crippen molar-refractivity contribution in [1.29, 1.82) is 0 Å². The van der Waals surface area contributed by atoms with Crippen molar-refractivity contribution in [2.24, 2.45) is 11.8 Å². The van der Waals surface area contributed by atoms with Crippen LogP contribution in [0.5, 0.6) is 0 Å². The third kappa shape index (κ3) is 10.3. The molecule has 0 bridgehead atoms. The highest BCUT2D eigenvalue weighted by atomic mass is 31.2. The summed E-state index contributed by atoms with van der Waals surface area (Å²) in [7, 11) is -4.80. The van der Waals surface area contributed by atoms with E-state index in [0.29, 0.717) is 0 Å². The molecule has 16 heteroatoms. The van der Waals surface area contributed by atoms with Gasteiger partial charge in [-0.25, -0.2) is 9.18 Å². The van der Waals surface area contributed by atoms with E-state index in [9.17, 15) is 52.8 Å². The van der Waals surface area contributed by atoms with Gasteiger partial charge >= 0.3 is 31.5 Å². The van der Waals surface area contributed by atoms with Crippen LogP contribution in [0.3, 0.4) is 0 Å². The zero-order valence-electron chi connectivity index (χ0n) is 18.4. The maximum Gasteiger partial charge on any atom is 0.329 e. The minimum atomic E-state index is -4.80. The van der Waals surface area contributed by atoms with Gasteiger partial charge in [-0.3, -0.25) is 28.5 Å². The Morgan fingerprint density at radius 3 is 2.00 bits per heavy atom. The van der Waals surface area contributed by atoms with Crippen LogP contribution in [0, 0.1) is 17.7 Å². The number of hydrogen-bond acceptors (Lipinski definition) is 8. The number of benzene rings is 1. The topological polar surface area (TPSA) is 242 Å². The lowest BCUT2D eigenvalue weighted by Gasteiger charge is -2.21. The monoisotopic (exact) mass is 535 g/mol. The van der Waals surface area contributed by atoms with Crippen molar-refractivity contribution >= 4 is 43.2 Å². The second-order valence-electron chi connectivity index (χ2n) is 7.51. The maximum absolute atomic E-state index is 13.0. The Kier molecular flexibility index (Phi) is 11.3. The molecule has 1 aromatic carbocycles. The summed E-state index contributed by atoms with van der Waals surface area (Å²) in [6.07, 6.45) is -3.11. The van der Waals surface area contributed by atoms with Crippen LogP contribution in [0.4, 0.5) is 4.39 Å². The molecule has 0 saturated carbocycles. The van der Waals surface area contributed by atoms with Gasteiger partial charge in [0.25, 0.3) is 0 Å². The molecule has 0 aromatic heterocycles. The summed E-state index contributed by atoms with van der Waals surface area (Å²) in [4.78, 5) is 79.2. The number of Topliss-reactive ketones (excluding diaryl/α,β-unsaturated/α-hetero) is 1. The fraction of sp³-hybridized carbons (Fsp3) is 0.400. The Morgan fingerprint density at radius 2 is 1.53 bits per heavy atom. The van der Waals surface area contributed by atoms with Gasteiger partial charge in [0.1, 0.15) is 11.7 Å². The Labute approximate surface area is 202 Å². The molecule has 0 fully saturated rings. The van der Waals surface area contributed by atoms with Crippen LogP contribution in [-0.4, -0.2) is 79.7 Å². The number of carboxylic acids is 4. The van der Waals surface area contributed by atoms with E-state index in [1.165, 1.54) is 0 Å². The van der Waals surface area contributed by atoms with Gasteiger partial charge in [-0.2, -0.15) is 0 Å². The lowest BCUT2D eigenvalue weighted by Crippen LogP contribution is -2.48. The fourth-order valence-corrected chi connectivity index (χ4v) is 4.17. The number of carbonyl (C=O) groups excluding carboxylic acids is 2. The second-order valence-corrected chi connectivity index (χ2v) is 9.41. The highest BCUT2D eigenvalue weighted by Gasteiger charge is 2.35. The van der Waals surface area contributed by atoms with Gasteiger partial charge in [-0.05, 0) is 30.7 Å². The van der Waals surface area contributed by atoms with Gasteiger partial charge < -0.3 is 35.2 Å². The summed E-state index contributed by atoms with van der Waals surface area (Å²) in [6.45, 7) is -1.18. The number of nitrogens with one attached hydrogen (secondary N) is 1. The summed E-state index contributed by atoms with van der Waals surface area (Å²) in [5.74, 6) is -13.2. The minimum absolute atomic E-state index is 0.106. The van der Waals surface area contributed by atoms with Crippen molar-refractivity contribution < 1.29 is 67.6 Å². The summed E-state index contributed by atoms with van der Waals surface area (Å²) < 4.78 is 29.8. The Hall–Kier alpha value is -3.68. The standard InChI is InChI=1S/C20H23FNO13P/c21-12-4-1-10(2-5-12)15(23)7-13(19(29)30)17(26)22-14(20(31)32)8-35-36(33,34)9-11(18(27)28)3-6-16(24)25/h1-2,4-5,11,13-14H,3,6-9H2,(H,22,26)(H,24,25)(H,27,28)(H,29,30)(H,31,32)(H,33,34)/t11?,13?,14-/m0/s1. The molecule has 6 N–H and O–H groups in total. The second kappa shape index (κ2) is 13.4. The largest absolute Gasteiger partial charge is 0.481 e. The summed E-state index contributed by atoms with van der Waals surface area (Å²) in [5.41, 5.74) is -0.106. The van der Waals surface area contributed by atoms with E-state index in [1.807, 2.05) is 0 Å². The predicted octanol–water partition coefficient (Wildman–Crippen LogP) is 0.436. The summed E-state index contributed by atoms with van der Waals surface area (Å²) in [6, 6.07) is 1.92. The normalized spacial score (nSPS) is 15.1. The van der Waals surface area contributed by atoms with Gasteiger partial charge in [-0.1, -0.05) is 0 Å². The summed E-state index contributed by atoms with van der Waals surface area (Å²) >= 11 is 0. The third-order valence-corrected chi connectivity index (χ3v) is 6.19. The molecule has 14 nitrogen and oxygen atoms in total. The SMILES string of the molecule is O=C(O)CCC(CP(=O)(O)OC[C@H](NC(=O)C(CC(=O)c1ccc(F)cc1)C(=O)O)C(=O)O)C(=O)O. The first-order valence-corrected chi connectivity index (χ1v) is 11.8. The van der Waals surface area contributed by atoms with Crippen molar-refractivity contribution in [2.75, 3.05) is 12.8 Å². The van der Waals surface area contributed by atoms with Gasteiger partial charge in [0.15, 0.2) is 11.8 Å². The van der Waals surface area contributed by atoms with Crippen LogP contribution in [0.1, 0.15) is 29.6 Å². The molecular formula is C20H23FNO13P. The number of aliphatic carboxylic acids is 4. The van der Waals surface area contributed by atoms with E-state index >= 15 is 0 Å². The predicted molar refractivity (Wildman–Crippen MR) is 115 cm³/mol. The molecule has 1 aromatic rings. The molecule has 0 spiro atoms. The Balaban J connectivity index is 2.86. The van der Waals surface area contributed by atoms with Crippen molar-refractivity contribution in [3.8, 4) is 0 Å². The summed E-state index contributed by atoms with van der Waals surface area (Å²) in [5, 5.41) is 38.1. The number of carboxylic acid groups (broad SMARTS) is 4. The average Bonchev–Trinajstić information content (AvgIpc) is 2.77. The van der Waals surface area contributed by atoms with Crippen molar-refractivity contribution in [3.63, 3.8) is 0 Å². The lowest BCUT2D eigenvalue weighted by molar-refractivity contribution is -0.150. The van der Waals surface area contributed by atoms with Crippen LogP contribution >= 0.6 is 7.60 Å². The van der Waals surface area contributed by atoms with Gasteiger partial charge in [0.2, 0.25) is 5.91 Å². The molecule has 198 valence electrons. The highest BCUT2D eigenvalue weighted by molar-refractivity contribution is 7.52. The van der Waals surface area contributed by atoms with E-state index in [2.05, 4.69) is 4.52 Å². The van der Waals surface area contributed by atoms with E-state index in [1.54, 1.807) is 5.32 Å². The first kappa shape index (κ1) is 30.4. The number of hydrogen-bond donors (Lipinski definition) is 6. The molecule has 0 aliphatic carbocycles. The smallest absolute Gasteiger partial charge is 0.329 e. The Bertz CT molecular complexity index is 1060. The Morgan fingerprint density at radius 1 is 0.944 bits per heavy atom. The van der Waals surface area contributed by atoms with Gasteiger partial charge in [0.05, 0.1) is 18.7 Å². The van der Waals surface area contributed by atoms with Crippen LogP contribution in [0.25, 0.3) is 0 Å². The quantitative estimate of drug-likeness (QED) is 0.0957. The number of rotatable bonds is 16. The van der Waals surface area contributed by atoms with E-state index in [0.717, 1.165) is 24.3 Å². The zero-order chi connectivity index (χ0) is 27.6. The van der Waals surface area contributed by atoms with E-state index in [4.69, 9.17) is 10.2 Å². The molecule has 0 saturated heterocycles. The number of amides is 1. The van der Waals surface area contributed by atoms with Crippen molar-refractivity contribution in [2.45, 2.75) is 25.3 Å². The molecule has 0 radical (unpaired) electrons. The molecule has 1 rings (SSSR count). The molecule has 0 aliphatic heterocycles. The van der Waals surface area contributed by atoms with Crippen LogP contribution in [0.2, 0.25) is 0 Å². The number of ketones is 1. The van der Waals surface area contributed by atoms with Crippen molar-refractivity contribution in [3.05, 3.63) is 35.6 Å². The number of carbonyl (C=O) groups is 6. The molecule has 0 aliphatic rings. The van der Waals surface area contributed by atoms with Gasteiger partial charge in [0, 0.05) is 18.4 Å². The minimum Gasteiger partial charge on any atom is -0.481 e. The average molecular weight is 535 g/mol. The fourth-order valence-electron chi connectivity index (χ4n) is 2.79. The first-order chi connectivity index (χ1) is 16.6. The zero-order valence-corrected chi connectivity index (χ0v) is 19.3. The third-order valence-electron chi connectivity index (χ3n) is 4.73.